The van der Waals surface area contributed by atoms with Crippen LogP contribution >= 0.6 is 0 Å². The Morgan fingerprint density at radius 1 is 1.19 bits per heavy atom. The summed E-state index contributed by atoms with van der Waals surface area (Å²) in [5, 5.41) is 3.42. The van der Waals surface area contributed by atoms with Crippen LogP contribution in [0.25, 0.3) is 10.9 Å². The van der Waals surface area contributed by atoms with Crippen molar-refractivity contribution in [2.45, 2.75) is 6.18 Å². The summed E-state index contributed by atoms with van der Waals surface area (Å²) in [6.07, 6.45) is -1.57. The minimum Gasteiger partial charge on any atom is -0.489 e. The predicted octanol–water partition coefficient (Wildman–Crippen LogP) is 5.07. The van der Waals surface area contributed by atoms with Crippen molar-refractivity contribution in [1.29, 1.82) is 0 Å². The summed E-state index contributed by atoms with van der Waals surface area (Å²) in [6, 6.07) is 11.5. The fraction of sp³-hybridized carbons (Fsp3) is 0.100. The summed E-state index contributed by atoms with van der Waals surface area (Å²) in [6.45, 7) is 3.55. The highest BCUT2D eigenvalue weighted by molar-refractivity contribution is 6.09. The molecule has 0 aliphatic rings. The van der Waals surface area contributed by atoms with E-state index in [2.05, 4.69) is 16.9 Å². The Hall–Kier alpha value is -3.35. The highest BCUT2D eigenvalue weighted by Gasteiger charge is 2.32. The molecular weight excluding hydrogens is 357 g/mol. The van der Waals surface area contributed by atoms with E-state index in [-0.39, 0.29) is 17.9 Å². The standard InChI is InChI=1S/C20H15F3N2O2/c1-2-11-27-17-9-8-14(20(21,22)23)12-15(17)19(26)25-16-7-3-5-13-6-4-10-24-18(13)16/h2-10,12H,1,11H2,(H,25,26). The van der Waals surface area contributed by atoms with Gasteiger partial charge in [-0.3, -0.25) is 9.78 Å². The minimum atomic E-state index is -4.58. The first-order chi connectivity index (χ1) is 12.9. The molecule has 1 aromatic heterocycles. The molecule has 0 unspecified atom stereocenters. The van der Waals surface area contributed by atoms with E-state index in [1.807, 2.05) is 12.1 Å². The number of pyridine rings is 1. The van der Waals surface area contributed by atoms with E-state index in [1.165, 1.54) is 6.08 Å². The Morgan fingerprint density at radius 2 is 1.96 bits per heavy atom. The lowest BCUT2D eigenvalue weighted by Gasteiger charge is -2.14. The number of amides is 1. The zero-order chi connectivity index (χ0) is 19.4. The summed E-state index contributed by atoms with van der Waals surface area (Å²) in [7, 11) is 0. The third-order valence-corrected chi connectivity index (χ3v) is 3.79. The Morgan fingerprint density at radius 3 is 2.70 bits per heavy atom. The molecule has 1 N–H and O–H groups in total. The number of ether oxygens (including phenoxy) is 1. The highest BCUT2D eigenvalue weighted by atomic mass is 19.4. The lowest BCUT2D eigenvalue weighted by atomic mass is 10.1. The van der Waals surface area contributed by atoms with E-state index in [1.54, 1.807) is 24.4 Å². The maximum atomic E-state index is 13.1. The lowest BCUT2D eigenvalue weighted by Crippen LogP contribution is -2.16. The van der Waals surface area contributed by atoms with Gasteiger partial charge in [-0.25, -0.2) is 0 Å². The molecule has 0 saturated carbocycles. The van der Waals surface area contributed by atoms with Crippen molar-refractivity contribution < 1.29 is 22.7 Å². The van der Waals surface area contributed by atoms with Gasteiger partial charge in [0, 0.05) is 11.6 Å². The summed E-state index contributed by atoms with van der Waals surface area (Å²) >= 11 is 0. The SMILES string of the molecule is C=CCOc1ccc(C(F)(F)F)cc1C(=O)Nc1cccc2cccnc12. The van der Waals surface area contributed by atoms with Gasteiger partial charge in [-0.1, -0.05) is 30.9 Å². The van der Waals surface area contributed by atoms with Crippen LogP contribution in [0.4, 0.5) is 18.9 Å². The van der Waals surface area contributed by atoms with Crippen LogP contribution in [0.5, 0.6) is 5.75 Å². The van der Waals surface area contributed by atoms with Crippen LogP contribution in [-0.2, 0) is 6.18 Å². The number of rotatable bonds is 5. The molecule has 3 rings (SSSR count). The molecule has 3 aromatic rings. The summed E-state index contributed by atoms with van der Waals surface area (Å²) in [5.74, 6) is -0.688. The second-order valence-electron chi connectivity index (χ2n) is 5.64. The molecule has 1 heterocycles. The molecule has 0 spiro atoms. The Kier molecular flexibility index (Phi) is 5.12. The number of alkyl halides is 3. The fourth-order valence-electron chi connectivity index (χ4n) is 2.55. The van der Waals surface area contributed by atoms with Crippen molar-refractivity contribution in [3.8, 4) is 5.75 Å². The van der Waals surface area contributed by atoms with Crippen LogP contribution in [0.15, 0.2) is 67.4 Å². The zero-order valence-corrected chi connectivity index (χ0v) is 14.1. The largest absolute Gasteiger partial charge is 0.489 e. The van der Waals surface area contributed by atoms with Gasteiger partial charge in [-0.15, -0.1) is 0 Å². The first-order valence-electron chi connectivity index (χ1n) is 8.00. The number of carbonyl (C=O) groups is 1. The fourth-order valence-corrected chi connectivity index (χ4v) is 2.55. The van der Waals surface area contributed by atoms with Gasteiger partial charge in [0.25, 0.3) is 5.91 Å². The van der Waals surface area contributed by atoms with Crippen molar-refractivity contribution >= 4 is 22.5 Å². The Bertz CT molecular complexity index is 995. The molecule has 7 heteroatoms. The summed E-state index contributed by atoms with van der Waals surface area (Å²) in [4.78, 5) is 16.9. The molecule has 4 nitrogen and oxygen atoms in total. The number of nitrogens with one attached hydrogen (secondary N) is 1. The van der Waals surface area contributed by atoms with Gasteiger partial charge in [-0.2, -0.15) is 13.2 Å². The number of hydrogen-bond acceptors (Lipinski definition) is 3. The maximum absolute atomic E-state index is 13.1. The molecule has 1 amide bonds. The Balaban J connectivity index is 2.00. The van der Waals surface area contributed by atoms with Crippen LogP contribution < -0.4 is 10.1 Å². The van der Waals surface area contributed by atoms with E-state index >= 15 is 0 Å². The van der Waals surface area contributed by atoms with Gasteiger partial charge >= 0.3 is 6.18 Å². The number of aromatic nitrogens is 1. The minimum absolute atomic E-state index is 0.0357. The maximum Gasteiger partial charge on any atom is 0.416 e. The van der Waals surface area contributed by atoms with Crippen LogP contribution in [-0.4, -0.2) is 17.5 Å². The normalized spacial score (nSPS) is 11.2. The molecule has 0 atom stereocenters. The van der Waals surface area contributed by atoms with Crippen molar-refractivity contribution in [2.24, 2.45) is 0 Å². The highest BCUT2D eigenvalue weighted by Crippen LogP contribution is 2.33. The van der Waals surface area contributed by atoms with Gasteiger partial charge in [0.1, 0.15) is 12.4 Å². The first kappa shape index (κ1) is 18.4. The van der Waals surface area contributed by atoms with Gasteiger partial charge in [0.2, 0.25) is 0 Å². The molecule has 2 aromatic carbocycles. The van der Waals surface area contributed by atoms with E-state index in [9.17, 15) is 18.0 Å². The summed E-state index contributed by atoms with van der Waals surface area (Å²) < 4.78 is 44.5. The Labute approximate surface area is 153 Å². The smallest absolute Gasteiger partial charge is 0.416 e. The zero-order valence-electron chi connectivity index (χ0n) is 14.1. The molecule has 0 aliphatic carbocycles. The second-order valence-corrected chi connectivity index (χ2v) is 5.64. The number of carbonyl (C=O) groups excluding carboxylic acids is 1. The average molecular weight is 372 g/mol. The lowest BCUT2D eigenvalue weighted by molar-refractivity contribution is -0.137. The molecule has 0 fully saturated rings. The van der Waals surface area contributed by atoms with Crippen molar-refractivity contribution in [3.05, 3.63) is 78.5 Å². The third-order valence-electron chi connectivity index (χ3n) is 3.79. The van der Waals surface area contributed by atoms with Crippen LogP contribution in [0.3, 0.4) is 0 Å². The molecule has 0 radical (unpaired) electrons. The van der Waals surface area contributed by atoms with Crippen LogP contribution in [0, 0.1) is 0 Å². The van der Waals surface area contributed by atoms with Crippen molar-refractivity contribution in [2.75, 3.05) is 11.9 Å². The van der Waals surface area contributed by atoms with Crippen molar-refractivity contribution in [1.82, 2.24) is 4.98 Å². The number of fused-ring (bicyclic) bond motifs is 1. The van der Waals surface area contributed by atoms with Gasteiger partial charge < -0.3 is 10.1 Å². The van der Waals surface area contributed by atoms with Crippen molar-refractivity contribution in [3.63, 3.8) is 0 Å². The molecule has 0 bridgehead atoms. The number of para-hydroxylation sites is 1. The molecule has 0 saturated heterocycles. The number of anilines is 1. The number of halogens is 3. The number of nitrogens with zero attached hydrogens (tertiary/aromatic N) is 1. The van der Waals surface area contributed by atoms with E-state index in [0.717, 1.165) is 23.6 Å². The van der Waals surface area contributed by atoms with Gasteiger partial charge in [0.05, 0.1) is 22.3 Å². The summed E-state index contributed by atoms with van der Waals surface area (Å²) in [5.41, 5.74) is -0.228. The average Bonchev–Trinajstić information content (AvgIpc) is 2.65. The van der Waals surface area contributed by atoms with E-state index in [0.29, 0.717) is 11.2 Å². The number of hydrogen-bond donors (Lipinski definition) is 1. The number of benzene rings is 2. The first-order valence-corrected chi connectivity index (χ1v) is 8.00. The van der Waals surface area contributed by atoms with E-state index < -0.39 is 17.6 Å². The molecule has 0 aliphatic heterocycles. The van der Waals surface area contributed by atoms with Crippen LogP contribution in [0.1, 0.15) is 15.9 Å². The van der Waals surface area contributed by atoms with E-state index in [4.69, 9.17) is 4.74 Å². The quantitative estimate of drug-likeness (QED) is 0.636. The van der Waals surface area contributed by atoms with Crippen LogP contribution in [0.2, 0.25) is 0 Å². The molecule has 27 heavy (non-hydrogen) atoms. The van der Waals surface area contributed by atoms with Gasteiger partial charge in [-0.05, 0) is 30.3 Å². The molecule has 138 valence electrons. The molecular formula is C20H15F3N2O2. The van der Waals surface area contributed by atoms with Gasteiger partial charge in [0.15, 0.2) is 0 Å². The predicted molar refractivity (Wildman–Crippen MR) is 96.8 cm³/mol. The second kappa shape index (κ2) is 7.49. The topological polar surface area (TPSA) is 51.2 Å². The monoisotopic (exact) mass is 372 g/mol. The third kappa shape index (κ3) is 4.08.